The van der Waals surface area contributed by atoms with Gasteiger partial charge in [-0.15, -0.1) is 0 Å². The van der Waals surface area contributed by atoms with E-state index in [9.17, 15) is 14.5 Å². The molecule has 0 fully saturated rings. The zero-order chi connectivity index (χ0) is 15.4. The summed E-state index contributed by atoms with van der Waals surface area (Å²) in [5.41, 5.74) is 1.48. The molecule has 0 saturated heterocycles. The summed E-state index contributed by atoms with van der Waals surface area (Å²) < 4.78 is 13.6. The Morgan fingerprint density at radius 1 is 1.33 bits per heavy atom. The Bertz CT molecular complexity index is 743. The average molecular weight is 350 g/mol. The van der Waals surface area contributed by atoms with Crippen LogP contribution in [0, 0.1) is 27.3 Å². The third-order valence-corrected chi connectivity index (χ3v) is 3.56. The second-order valence-corrected chi connectivity index (χ2v) is 5.04. The van der Waals surface area contributed by atoms with Gasteiger partial charge in [0.1, 0.15) is 11.9 Å². The number of halogens is 2. The van der Waals surface area contributed by atoms with E-state index in [-0.39, 0.29) is 11.3 Å². The summed E-state index contributed by atoms with van der Waals surface area (Å²) in [6.07, 6.45) is 0. The molecule has 2 rings (SSSR count). The number of rotatable bonds is 4. The summed E-state index contributed by atoms with van der Waals surface area (Å²) in [6, 6.07) is 10.2. The molecular weight excluding hydrogens is 341 g/mol. The fraction of sp³-hybridized carbons (Fsp3) is 0.0714. The summed E-state index contributed by atoms with van der Waals surface area (Å²) >= 11 is 3.27. The molecule has 0 aliphatic heterocycles. The third kappa shape index (κ3) is 3.55. The first-order chi connectivity index (χ1) is 10.0. The number of nitrogens with zero attached hydrogens (tertiary/aromatic N) is 2. The van der Waals surface area contributed by atoms with Crippen LogP contribution in [-0.2, 0) is 6.54 Å². The standard InChI is InChI=1S/C14H9BrFN3O2/c15-13-6-12(19(20)21)3-1-9(13)8-18-14-4-2-11(16)5-10(14)7-17/h1-6,18H,8H2. The highest BCUT2D eigenvalue weighted by Crippen LogP contribution is 2.24. The number of nitriles is 1. The van der Waals surface area contributed by atoms with Gasteiger partial charge in [0.2, 0.25) is 0 Å². The van der Waals surface area contributed by atoms with Crippen LogP contribution in [0.15, 0.2) is 40.9 Å². The number of anilines is 1. The van der Waals surface area contributed by atoms with Gasteiger partial charge in [-0.05, 0) is 29.8 Å². The molecule has 2 aromatic carbocycles. The SMILES string of the molecule is N#Cc1cc(F)ccc1NCc1ccc([N+](=O)[O-])cc1Br. The van der Waals surface area contributed by atoms with Crippen molar-refractivity contribution in [1.82, 2.24) is 0 Å². The molecule has 5 nitrogen and oxygen atoms in total. The van der Waals surface area contributed by atoms with Crippen LogP contribution in [-0.4, -0.2) is 4.92 Å². The minimum absolute atomic E-state index is 0.00915. The molecule has 0 aliphatic rings. The van der Waals surface area contributed by atoms with Gasteiger partial charge in [-0.2, -0.15) is 5.26 Å². The van der Waals surface area contributed by atoms with Gasteiger partial charge in [0.25, 0.3) is 5.69 Å². The van der Waals surface area contributed by atoms with E-state index in [2.05, 4.69) is 21.2 Å². The van der Waals surface area contributed by atoms with E-state index in [0.717, 1.165) is 11.6 Å². The lowest BCUT2D eigenvalue weighted by Crippen LogP contribution is -2.02. The van der Waals surface area contributed by atoms with E-state index in [4.69, 9.17) is 5.26 Å². The van der Waals surface area contributed by atoms with Crippen LogP contribution in [0.2, 0.25) is 0 Å². The van der Waals surface area contributed by atoms with Gasteiger partial charge >= 0.3 is 0 Å². The number of non-ortho nitro benzene ring substituents is 1. The molecular formula is C14H9BrFN3O2. The second-order valence-electron chi connectivity index (χ2n) is 4.19. The smallest absolute Gasteiger partial charge is 0.270 e. The summed E-state index contributed by atoms with van der Waals surface area (Å²) in [6.45, 7) is 0.346. The molecule has 2 aromatic rings. The molecule has 7 heteroatoms. The quantitative estimate of drug-likeness (QED) is 0.668. The largest absolute Gasteiger partial charge is 0.380 e. The van der Waals surface area contributed by atoms with Crippen molar-refractivity contribution in [1.29, 1.82) is 5.26 Å². The Balaban J connectivity index is 2.17. The second kappa shape index (κ2) is 6.33. The number of hydrogen-bond acceptors (Lipinski definition) is 4. The zero-order valence-electron chi connectivity index (χ0n) is 10.6. The van der Waals surface area contributed by atoms with Crippen LogP contribution >= 0.6 is 15.9 Å². The van der Waals surface area contributed by atoms with Crippen molar-refractivity contribution in [2.45, 2.75) is 6.54 Å². The molecule has 0 spiro atoms. The van der Waals surface area contributed by atoms with E-state index < -0.39 is 10.7 Å². The number of nitro groups is 1. The highest BCUT2D eigenvalue weighted by molar-refractivity contribution is 9.10. The van der Waals surface area contributed by atoms with Crippen molar-refractivity contribution in [3.05, 3.63) is 67.9 Å². The molecule has 0 aromatic heterocycles. The molecule has 0 unspecified atom stereocenters. The number of nitro benzene ring substituents is 1. The van der Waals surface area contributed by atoms with Crippen LogP contribution in [0.1, 0.15) is 11.1 Å². The van der Waals surface area contributed by atoms with Crippen molar-refractivity contribution < 1.29 is 9.31 Å². The molecule has 0 radical (unpaired) electrons. The van der Waals surface area contributed by atoms with Crippen LogP contribution in [0.25, 0.3) is 0 Å². The van der Waals surface area contributed by atoms with Crippen molar-refractivity contribution in [3.8, 4) is 6.07 Å². The maximum Gasteiger partial charge on any atom is 0.270 e. The molecule has 1 N–H and O–H groups in total. The fourth-order valence-electron chi connectivity index (χ4n) is 1.75. The molecule has 0 bridgehead atoms. The zero-order valence-corrected chi connectivity index (χ0v) is 12.2. The van der Waals surface area contributed by atoms with Crippen LogP contribution in [0.5, 0.6) is 0 Å². The first-order valence-corrected chi connectivity index (χ1v) is 6.67. The number of hydrogen-bond donors (Lipinski definition) is 1. The third-order valence-electron chi connectivity index (χ3n) is 2.82. The van der Waals surface area contributed by atoms with Gasteiger partial charge in [-0.25, -0.2) is 4.39 Å². The van der Waals surface area contributed by atoms with Crippen molar-refractivity contribution in [2.24, 2.45) is 0 Å². The maximum atomic E-state index is 13.0. The van der Waals surface area contributed by atoms with Crippen LogP contribution < -0.4 is 5.32 Å². The lowest BCUT2D eigenvalue weighted by Gasteiger charge is -2.09. The van der Waals surface area contributed by atoms with E-state index in [0.29, 0.717) is 16.7 Å². The Kier molecular flexibility index (Phi) is 4.50. The maximum absolute atomic E-state index is 13.0. The molecule has 106 valence electrons. The molecule has 21 heavy (non-hydrogen) atoms. The number of nitrogens with one attached hydrogen (secondary N) is 1. The van der Waals surface area contributed by atoms with Gasteiger partial charge in [0, 0.05) is 23.2 Å². The Hall–Kier alpha value is -2.46. The van der Waals surface area contributed by atoms with Crippen molar-refractivity contribution in [3.63, 3.8) is 0 Å². The minimum Gasteiger partial charge on any atom is -0.380 e. The average Bonchev–Trinajstić information content (AvgIpc) is 2.46. The normalized spacial score (nSPS) is 9.95. The summed E-state index contributed by atoms with van der Waals surface area (Å²) in [7, 11) is 0. The number of benzene rings is 2. The molecule has 0 atom stereocenters. The van der Waals surface area contributed by atoms with E-state index in [1.165, 1.54) is 24.3 Å². The predicted molar refractivity (Wildman–Crippen MR) is 79.2 cm³/mol. The van der Waals surface area contributed by atoms with Gasteiger partial charge in [-0.3, -0.25) is 10.1 Å². The monoisotopic (exact) mass is 349 g/mol. The van der Waals surface area contributed by atoms with Gasteiger partial charge in [0.15, 0.2) is 0 Å². The molecule has 0 heterocycles. The summed E-state index contributed by atoms with van der Waals surface area (Å²) in [5, 5.41) is 22.6. The molecule has 0 aliphatic carbocycles. The Labute approximate surface area is 128 Å². The highest BCUT2D eigenvalue weighted by atomic mass is 79.9. The van der Waals surface area contributed by atoms with E-state index >= 15 is 0 Å². The van der Waals surface area contributed by atoms with Crippen LogP contribution in [0.3, 0.4) is 0 Å². The highest BCUT2D eigenvalue weighted by Gasteiger charge is 2.10. The first-order valence-electron chi connectivity index (χ1n) is 5.87. The van der Waals surface area contributed by atoms with Crippen molar-refractivity contribution >= 4 is 27.3 Å². The fourth-order valence-corrected chi connectivity index (χ4v) is 2.25. The summed E-state index contributed by atoms with van der Waals surface area (Å²) in [5.74, 6) is -0.478. The van der Waals surface area contributed by atoms with Crippen molar-refractivity contribution in [2.75, 3.05) is 5.32 Å². The Morgan fingerprint density at radius 2 is 2.10 bits per heavy atom. The van der Waals surface area contributed by atoms with E-state index in [1.54, 1.807) is 6.07 Å². The van der Waals surface area contributed by atoms with Gasteiger partial charge < -0.3 is 5.32 Å². The lowest BCUT2D eigenvalue weighted by atomic mass is 10.1. The molecule has 0 amide bonds. The van der Waals surface area contributed by atoms with E-state index in [1.807, 2.05) is 6.07 Å². The van der Waals surface area contributed by atoms with Crippen LogP contribution in [0.4, 0.5) is 15.8 Å². The first kappa shape index (κ1) is 14.9. The topological polar surface area (TPSA) is 79.0 Å². The molecule has 0 saturated carbocycles. The van der Waals surface area contributed by atoms with Gasteiger partial charge in [-0.1, -0.05) is 15.9 Å². The minimum atomic E-state index is -0.478. The van der Waals surface area contributed by atoms with Gasteiger partial charge in [0.05, 0.1) is 16.2 Å². The lowest BCUT2D eigenvalue weighted by molar-refractivity contribution is -0.384. The Morgan fingerprint density at radius 3 is 2.71 bits per heavy atom. The summed E-state index contributed by atoms with van der Waals surface area (Å²) in [4.78, 5) is 10.2. The predicted octanol–water partition coefficient (Wildman–Crippen LogP) is 3.98.